The molecule has 0 aromatic carbocycles. The standard InChI is InChI=1S/C15H19NO3S/c17-13(16-9-15(14(18)19)6-2-7-15)11-3-1-4-12-10(11)5-8-20-12/h5,8,11H,1-4,6-7,9H2,(H,16,17)(H,18,19). The van der Waals surface area contributed by atoms with Gasteiger partial charge in [0.25, 0.3) is 0 Å². The highest BCUT2D eigenvalue weighted by atomic mass is 32.1. The summed E-state index contributed by atoms with van der Waals surface area (Å²) in [5.74, 6) is -0.864. The van der Waals surface area contributed by atoms with Crippen molar-refractivity contribution in [3.05, 3.63) is 21.9 Å². The summed E-state index contributed by atoms with van der Waals surface area (Å²) in [6, 6.07) is 2.04. The lowest BCUT2D eigenvalue weighted by Gasteiger charge is -2.38. The highest BCUT2D eigenvalue weighted by molar-refractivity contribution is 7.10. The predicted molar refractivity (Wildman–Crippen MR) is 76.9 cm³/mol. The van der Waals surface area contributed by atoms with Crippen molar-refractivity contribution in [3.63, 3.8) is 0 Å². The van der Waals surface area contributed by atoms with Crippen molar-refractivity contribution in [1.82, 2.24) is 5.32 Å². The minimum atomic E-state index is -0.774. The SMILES string of the molecule is O=C(NCC1(C(=O)O)CCC1)C1CCCc2sccc21. The smallest absolute Gasteiger partial charge is 0.311 e. The third-order valence-corrected chi connectivity index (χ3v) is 5.73. The molecular formula is C15H19NO3S. The van der Waals surface area contributed by atoms with Crippen LogP contribution in [0.3, 0.4) is 0 Å². The Labute approximate surface area is 122 Å². The third kappa shape index (κ3) is 2.24. The fourth-order valence-corrected chi connectivity index (χ4v) is 4.20. The number of fused-ring (bicyclic) bond motifs is 1. The van der Waals surface area contributed by atoms with Gasteiger partial charge in [0.15, 0.2) is 0 Å². The quantitative estimate of drug-likeness (QED) is 0.896. The number of carbonyl (C=O) groups is 2. The van der Waals surface area contributed by atoms with Crippen molar-refractivity contribution in [2.45, 2.75) is 44.4 Å². The summed E-state index contributed by atoms with van der Waals surface area (Å²) in [5, 5.41) is 14.2. The molecule has 1 unspecified atom stereocenters. The van der Waals surface area contributed by atoms with Crippen molar-refractivity contribution < 1.29 is 14.7 Å². The summed E-state index contributed by atoms with van der Waals surface area (Å²) >= 11 is 1.72. The highest BCUT2D eigenvalue weighted by Crippen LogP contribution is 2.41. The maximum absolute atomic E-state index is 12.4. The van der Waals surface area contributed by atoms with Crippen LogP contribution in [0.1, 0.15) is 48.5 Å². The maximum Gasteiger partial charge on any atom is 0.311 e. The van der Waals surface area contributed by atoms with Crippen molar-refractivity contribution in [3.8, 4) is 0 Å². The summed E-state index contributed by atoms with van der Waals surface area (Å²) in [7, 11) is 0. The number of carboxylic acid groups (broad SMARTS) is 1. The summed E-state index contributed by atoms with van der Waals surface area (Å²) < 4.78 is 0. The van der Waals surface area contributed by atoms with Gasteiger partial charge in [-0.2, -0.15) is 0 Å². The molecule has 1 aromatic rings. The van der Waals surface area contributed by atoms with Crippen LogP contribution in [0.2, 0.25) is 0 Å². The van der Waals surface area contributed by atoms with Crippen LogP contribution < -0.4 is 5.32 Å². The second-order valence-electron chi connectivity index (χ2n) is 5.90. The van der Waals surface area contributed by atoms with Crippen LogP contribution in [0.25, 0.3) is 0 Å². The number of thiophene rings is 1. The second kappa shape index (κ2) is 5.20. The molecule has 1 aromatic heterocycles. The van der Waals surface area contributed by atoms with Crippen LogP contribution in [0, 0.1) is 5.41 Å². The lowest BCUT2D eigenvalue weighted by Crippen LogP contribution is -2.48. The Balaban J connectivity index is 1.65. The molecule has 108 valence electrons. The van der Waals surface area contributed by atoms with Crippen LogP contribution >= 0.6 is 11.3 Å². The maximum atomic E-state index is 12.4. The normalized spacial score (nSPS) is 23.5. The van der Waals surface area contributed by atoms with Crippen LogP contribution in [-0.2, 0) is 16.0 Å². The van der Waals surface area contributed by atoms with E-state index in [4.69, 9.17) is 0 Å². The molecule has 2 aliphatic rings. The first kappa shape index (κ1) is 13.6. The number of carbonyl (C=O) groups excluding carboxylic acids is 1. The molecule has 0 saturated heterocycles. The fraction of sp³-hybridized carbons (Fsp3) is 0.600. The highest BCUT2D eigenvalue weighted by Gasteiger charge is 2.44. The number of hydrogen-bond acceptors (Lipinski definition) is 3. The molecule has 1 fully saturated rings. The van der Waals surface area contributed by atoms with Crippen molar-refractivity contribution in [2.75, 3.05) is 6.54 Å². The minimum absolute atomic E-state index is 0.00289. The first-order valence-electron chi connectivity index (χ1n) is 7.20. The van der Waals surface area contributed by atoms with E-state index >= 15 is 0 Å². The molecule has 1 heterocycles. The lowest BCUT2D eigenvalue weighted by atomic mass is 9.68. The average molecular weight is 293 g/mol. The zero-order valence-electron chi connectivity index (χ0n) is 11.4. The van der Waals surface area contributed by atoms with E-state index in [0.717, 1.165) is 31.2 Å². The topological polar surface area (TPSA) is 66.4 Å². The molecule has 20 heavy (non-hydrogen) atoms. The molecule has 0 radical (unpaired) electrons. The minimum Gasteiger partial charge on any atom is -0.481 e. The van der Waals surface area contributed by atoms with Gasteiger partial charge in [-0.05, 0) is 49.1 Å². The molecule has 0 bridgehead atoms. The molecule has 3 rings (SSSR count). The van der Waals surface area contributed by atoms with Crippen molar-refractivity contribution in [1.29, 1.82) is 0 Å². The van der Waals surface area contributed by atoms with Gasteiger partial charge < -0.3 is 10.4 Å². The molecule has 0 aliphatic heterocycles. The van der Waals surface area contributed by atoms with E-state index in [0.29, 0.717) is 12.8 Å². The van der Waals surface area contributed by atoms with Gasteiger partial charge in [-0.3, -0.25) is 9.59 Å². The molecule has 0 spiro atoms. The van der Waals surface area contributed by atoms with Crippen LogP contribution in [0.4, 0.5) is 0 Å². The van der Waals surface area contributed by atoms with E-state index in [-0.39, 0.29) is 18.4 Å². The van der Waals surface area contributed by atoms with E-state index in [2.05, 4.69) is 5.32 Å². The van der Waals surface area contributed by atoms with E-state index in [1.54, 1.807) is 11.3 Å². The number of aryl methyl sites for hydroxylation is 1. The van der Waals surface area contributed by atoms with Gasteiger partial charge in [-0.25, -0.2) is 0 Å². The molecule has 1 amide bonds. The molecule has 1 atom stereocenters. The molecule has 5 heteroatoms. The molecule has 2 N–H and O–H groups in total. The van der Waals surface area contributed by atoms with E-state index in [9.17, 15) is 14.7 Å². The summed E-state index contributed by atoms with van der Waals surface area (Å²) in [5.41, 5.74) is 0.443. The fourth-order valence-electron chi connectivity index (χ4n) is 3.21. The van der Waals surface area contributed by atoms with Crippen LogP contribution in [-0.4, -0.2) is 23.5 Å². The van der Waals surface area contributed by atoms with Gasteiger partial charge in [-0.1, -0.05) is 6.42 Å². The number of rotatable bonds is 4. The Morgan fingerprint density at radius 2 is 2.20 bits per heavy atom. The van der Waals surface area contributed by atoms with Gasteiger partial charge in [0.2, 0.25) is 5.91 Å². The molecule has 1 saturated carbocycles. The number of aliphatic carboxylic acids is 1. The molecular weight excluding hydrogens is 274 g/mol. The van der Waals surface area contributed by atoms with E-state index < -0.39 is 11.4 Å². The van der Waals surface area contributed by atoms with Gasteiger partial charge in [0.05, 0.1) is 11.3 Å². The average Bonchev–Trinajstić information content (AvgIpc) is 2.84. The third-order valence-electron chi connectivity index (χ3n) is 4.73. The van der Waals surface area contributed by atoms with Crippen LogP contribution in [0.15, 0.2) is 11.4 Å². The van der Waals surface area contributed by atoms with Crippen LogP contribution in [0.5, 0.6) is 0 Å². The Morgan fingerprint density at radius 3 is 2.85 bits per heavy atom. The number of carboxylic acids is 1. The van der Waals surface area contributed by atoms with Crippen molar-refractivity contribution >= 4 is 23.2 Å². The van der Waals surface area contributed by atoms with Gasteiger partial charge in [-0.15, -0.1) is 11.3 Å². The number of nitrogens with one attached hydrogen (secondary N) is 1. The zero-order chi connectivity index (χ0) is 14.2. The Kier molecular flexibility index (Phi) is 3.54. The first-order chi connectivity index (χ1) is 9.62. The van der Waals surface area contributed by atoms with Gasteiger partial charge in [0.1, 0.15) is 0 Å². The van der Waals surface area contributed by atoms with E-state index in [1.165, 1.54) is 4.88 Å². The zero-order valence-corrected chi connectivity index (χ0v) is 12.2. The van der Waals surface area contributed by atoms with Gasteiger partial charge >= 0.3 is 5.97 Å². The Morgan fingerprint density at radius 1 is 1.40 bits per heavy atom. The molecule has 4 nitrogen and oxygen atoms in total. The molecule has 2 aliphatic carbocycles. The number of hydrogen-bond donors (Lipinski definition) is 2. The predicted octanol–water partition coefficient (Wildman–Crippen LogP) is 2.54. The summed E-state index contributed by atoms with van der Waals surface area (Å²) in [6.07, 6.45) is 5.27. The monoisotopic (exact) mass is 293 g/mol. The van der Waals surface area contributed by atoms with Crippen molar-refractivity contribution in [2.24, 2.45) is 5.41 Å². The van der Waals surface area contributed by atoms with Gasteiger partial charge in [0, 0.05) is 11.4 Å². The van der Waals surface area contributed by atoms with E-state index in [1.807, 2.05) is 11.4 Å². The largest absolute Gasteiger partial charge is 0.481 e. The second-order valence-corrected chi connectivity index (χ2v) is 6.90. The first-order valence-corrected chi connectivity index (χ1v) is 8.08. The Hall–Kier alpha value is -1.36. The summed E-state index contributed by atoms with van der Waals surface area (Å²) in [6.45, 7) is 0.275. The Bertz CT molecular complexity index is 533. The summed E-state index contributed by atoms with van der Waals surface area (Å²) in [4.78, 5) is 25.0. The lowest BCUT2D eigenvalue weighted by molar-refractivity contribution is -0.154. The number of amides is 1.